The van der Waals surface area contributed by atoms with Crippen molar-refractivity contribution >= 4 is 0 Å². The smallest absolute Gasteiger partial charge is 0.0615 e. The van der Waals surface area contributed by atoms with Crippen molar-refractivity contribution in [3.8, 4) is 0 Å². The van der Waals surface area contributed by atoms with E-state index in [4.69, 9.17) is 4.74 Å². The van der Waals surface area contributed by atoms with Crippen molar-refractivity contribution in [1.29, 1.82) is 0 Å². The van der Waals surface area contributed by atoms with Gasteiger partial charge in [-0.05, 0) is 38.6 Å². The van der Waals surface area contributed by atoms with E-state index < -0.39 is 0 Å². The number of rotatable bonds is 5. The van der Waals surface area contributed by atoms with E-state index in [1.54, 1.807) is 7.11 Å². The van der Waals surface area contributed by atoms with Crippen molar-refractivity contribution in [1.82, 2.24) is 10.2 Å². The molecule has 1 aromatic rings. The van der Waals surface area contributed by atoms with Gasteiger partial charge >= 0.3 is 0 Å². The maximum Gasteiger partial charge on any atom is 0.0615 e. The van der Waals surface area contributed by atoms with Crippen molar-refractivity contribution in [2.45, 2.75) is 31.5 Å². The maximum absolute atomic E-state index is 5.27. The Morgan fingerprint density at radius 2 is 2.17 bits per heavy atom. The number of hydrogen-bond acceptors (Lipinski definition) is 3. The number of fused-ring (bicyclic) bond motifs is 1. The van der Waals surface area contributed by atoms with E-state index in [2.05, 4.69) is 55.5 Å². The Kier molecular flexibility index (Phi) is 4.38. The number of hydrogen-bond donors (Lipinski definition) is 1. The van der Waals surface area contributed by atoms with Gasteiger partial charge in [-0.1, -0.05) is 24.3 Å². The zero-order valence-corrected chi connectivity index (χ0v) is 11.8. The summed E-state index contributed by atoms with van der Waals surface area (Å²) in [5.74, 6) is 0. The topological polar surface area (TPSA) is 24.5 Å². The number of nitrogens with zero attached hydrogens (tertiary/aromatic N) is 1. The van der Waals surface area contributed by atoms with Crippen LogP contribution in [-0.4, -0.2) is 44.8 Å². The lowest BCUT2D eigenvalue weighted by molar-refractivity contribution is 0.0803. The van der Waals surface area contributed by atoms with Crippen LogP contribution in [0.4, 0.5) is 0 Å². The molecule has 0 amide bonds. The normalized spacial score (nSPS) is 24.3. The minimum absolute atomic E-state index is 0.422. The largest absolute Gasteiger partial charge is 0.383 e. The summed E-state index contributed by atoms with van der Waals surface area (Å²) < 4.78 is 5.27. The van der Waals surface area contributed by atoms with Gasteiger partial charge in [0.25, 0.3) is 0 Å². The summed E-state index contributed by atoms with van der Waals surface area (Å²) in [6.45, 7) is 3.00. The molecule has 3 unspecified atom stereocenters. The number of benzene rings is 1. The summed E-state index contributed by atoms with van der Waals surface area (Å²) >= 11 is 0. The van der Waals surface area contributed by atoms with Crippen molar-refractivity contribution in [3.63, 3.8) is 0 Å². The van der Waals surface area contributed by atoms with E-state index in [1.807, 2.05) is 0 Å². The maximum atomic E-state index is 5.27. The Morgan fingerprint density at radius 3 is 2.83 bits per heavy atom. The second-order valence-corrected chi connectivity index (χ2v) is 5.21. The Bertz CT molecular complexity index is 394. The summed E-state index contributed by atoms with van der Waals surface area (Å²) in [6.07, 6.45) is 1.12. The lowest BCUT2D eigenvalue weighted by Gasteiger charge is -2.34. The number of ether oxygens (including phenoxy) is 1. The van der Waals surface area contributed by atoms with E-state index in [9.17, 15) is 0 Å². The molecule has 18 heavy (non-hydrogen) atoms. The molecule has 0 spiro atoms. The highest BCUT2D eigenvalue weighted by Gasteiger charge is 2.35. The lowest BCUT2D eigenvalue weighted by atomic mass is 10.1. The molecule has 1 N–H and O–H groups in total. The fourth-order valence-electron chi connectivity index (χ4n) is 2.99. The van der Waals surface area contributed by atoms with Gasteiger partial charge in [-0.2, -0.15) is 0 Å². The molecule has 3 atom stereocenters. The Labute approximate surface area is 110 Å². The van der Waals surface area contributed by atoms with Crippen LogP contribution in [-0.2, 0) is 11.2 Å². The van der Waals surface area contributed by atoms with Crippen LogP contribution in [0.1, 0.15) is 24.1 Å². The van der Waals surface area contributed by atoms with Crippen LogP contribution in [0.25, 0.3) is 0 Å². The molecule has 0 saturated heterocycles. The summed E-state index contributed by atoms with van der Waals surface area (Å²) in [4.78, 5) is 2.44. The third kappa shape index (κ3) is 2.44. The van der Waals surface area contributed by atoms with Crippen molar-refractivity contribution in [3.05, 3.63) is 35.4 Å². The predicted molar refractivity (Wildman–Crippen MR) is 74.8 cm³/mol. The quantitative estimate of drug-likeness (QED) is 0.860. The van der Waals surface area contributed by atoms with Gasteiger partial charge in [0.1, 0.15) is 0 Å². The van der Waals surface area contributed by atoms with Gasteiger partial charge in [-0.15, -0.1) is 0 Å². The SMILES string of the molecule is CNC1c2ccccc2CC1N(C)C(C)COC. The Morgan fingerprint density at radius 1 is 1.44 bits per heavy atom. The van der Waals surface area contributed by atoms with E-state index in [-0.39, 0.29) is 0 Å². The third-order valence-electron chi connectivity index (χ3n) is 4.14. The molecule has 3 heteroatoms. The molecule has 0 heterocycles. The lowest BCUT2D eigenvalue weighted by Crippen LogP contribution is -2.45. The highest BCUT2D eigenvalue weighted by atomic mass is 16.5. The second kappa shape index (κ2) is 5.83. The van der Waals surface area contributed by atoms with E-state index in [0.29, 0.717) is 18.1 Å². The first-order valence-corrected chi connectivity index (χ1v) is 6.65. The first-order valence-electron chi connectivity index (χ1n) is 6.65. The van der Waals surface area contributed by atoms with Crippen molar-refractivity contribution < 1.29 is 4.74 Å². The van der Waals surface area contributed by atoms with E-state index >= 15 is 0 Å². The fourth-order valence-corrected chi connectivity index (χ4v) is 2.99. The second-order valence-electron chi connectivity index (χ2n) is 5.21. The van der Waals surface area contributed by atoms with Gasteiger partial charge < -0.3 is 10.1 Å². The predicted octanol–water partition coefficient (Wildman–Crippen LogP) is 1.84. The molecule has 0 aliphatic heterocycles. The molecule has 0 aromatic heterocycles. The van der Waals surface area contributed by atoms with E-state index in [0.717, 1.165) is 13.0 Å². The Hall–Kier alpha value is -0.900. The number of likely N-dealkylation sites (N-methyl/N-ethyl adjacent to an activating group) is 2. The first kappa shape index (κ1) is 13.5. The van der Waals surface area contributed by atoms with E-state index in [1.165, 1.54) is 11.1 Å². The van der Waals surface area contributed by atoms with Gasteiger partial charge in [0.15, 0.2) is 0 Å². The van der Waals surface area contributed by atoms with Gasteiger partial charge in [0.2, 0.25) is 0 Å². The highest BCUT2D eigenvalue weighted by molar-refractivity contribution is 5.37. The van der Waals surface area contributed by atoms with Crippen molar-refractivity contribution in [2.75, 3.05) is 27.8 Å². The minimum atomic E-state index is 0.422. The van der Waals surface area contributed by atoms with Crippen LogP contribution < -0.4 is 5.32 Å². The highest BCUT2D eigenvalue weighted by Crippen LogP contribution is 2.34. The van der Waals surface area contributed by atoms with Crippen LogP contribution >= 0.6 is 0 Å². The molecule has 1 aromatic carbocycles. The Balaban J connectivity index is 2.16. The summed E-state index contributed by atoms with van der Waals surface area (Å²) in [5, 5.41) is 3.47. The van der Waals surface area contributed by atoms with Crippen LogP contribution in [0, 0.1) is 0 Å². The number of nitrogens with one attached hydrogen (secondary N) is 1. The molecule has 0 fully saturated rings. The minimum Gasteiger partial charge on any atom is -0.383 e. The zero-order chi connectivity index (χ0) is 13.1. The molecule has 3 nitrogen and oxygen atoms in total. The van der Waals surface area contributed by atoms with Crippen LogP contribution in [0.3, 0.4) is 0 Å². The van der Waals surface area contributed by atoms with Crippen LogP contribution in [0.2, 0.25) is 0 Å². The number of methoxy groups -OCH3 is 1. The molecule has 0 saturated carbocycles. The van der Waals surface area contributed by atoms with Crippen molar-refractivity contribution in [2.24, 2.45) is 0 Å². The van der Waals surface area contributed by atoms with Crippen LogP contribution in [0.5, 0.6) is 0 Å². The first-order chi connectivity index (χ1) is 8.69. The molecule has 1 aliphatic carbocycles. The summed E-state index contributed by atoms with van der Waals surface area (Å²) in [5.41, 5.74) is 2.92. The molecule has 1 aliphatic rings. The monoisotopic (exact) mass is 248 g/mol. The molecule has 0 bridgehead atoms. The average molecular weight is 248 g/mol. The van der Waals surface area contributed by atoms with Gasteiger partial charge in [-0.3, -0.25) is 4.90 Å². The van der Waals surface area contributed by atoms with Crippen LogP contribution in [0.15, 0.2) is 24.3 Å². The fraction of sp³-hybridized carbons (Fsp3) is 0.600. The van der Waals surface area contributed by atoms with Gasteiger partial charge in [0.05, 0.1) is 6.61 Å². The van der Waals surface area contributed by atoms with Gasteiger partial charge in [0, 0.05) is 25.2 Å². The molecule has 100 valence electrons. The third-order valence-corrected chi connectivity index (χ3v) is 4.14. The zero-order valence-electron chi connectivity index (χ0n) is 11.8. The molecular weight excluding hydrogens is 224 g/mol. The molecule has 0 radical (unpaired) electrons. The molecule has 2 rings (SSSR count). The molecular formula is C15H24N2O. The summed E-state index contributed by atoms with van der Waals surface area (Å²) in [6, 6.07) is 10.1. The summed E-state index contributed by atoms with van der Waals surface area (Å²) in [7, 11) is 6.02. The standard InChI is InChI=1S/C15H24N2O/c1-11(10-18-4)17(3)14-9-12-7-5-6-8-13(12)15(14)16-2/h5-8,11,14-16H,9-10H2,1-4H3. The van der Waals surface area contributed by atoms with Gasteiger partial charge in [-0.25, -0.2) is 0 Å². The average Bonchev–Trinajstić information content (AvgIpc) is 2.76.